The van der Waals surface area contributed by atoms with Gasteiger partial charge in [0.05, 0.1) is 4.70 Å². The molecule has 122 valence electrons. The monoisotopic (exact) mass is 337 g/mol. The minimum absolute atomic E-state index is 0.00639. The van der Waals surface area contributed by atoms with Crippen LogP contribution in [0.15, 0.2) is 54.7 Å². The van der Waals surface area contributed by atoms with E-state index < -0.39 is 0 Å². The van der Waals surface area contributed by atoms with Crippen molar-refractivity contribution < 1.29 is 4.79 Å². The molecule has 0 radical (unpaired) electrons. The first-order valence-corrected chi connectivity index (χ1v) is 8.99. The molecule has 0 aliphatic carbocycles. The van der Waals surface area contributed by atoms with Crippen LogP contribution in [0.1, 0.15) is 12.0 Å². The van der Waals surface area contributed by atoms with Crippen molar-refractivity contribution in [2.75, 3.05) is 18.4 Å². The summed E-state index contributed by atoms with van der Waals surface area (Å²) in [6.07, 6.45) is 3.94. The van der Waals surface area contributed by atoms with Gasteiger partial charge in [-0.1, -0.05) is 30.3 Å². The summed E-state index contributed by atoms with van der Waals surface area (Å²) in [5.74, 6) is 0.543. The Kier molecular flexibility index (Phi) is 4.17. The second-order valence-electron chi connectivity index (χ2n) is 6.30. The zero-order valence-corrected chi connectivity index (χ0v) is 14.1. The fraction of sp³-hybridized carbons (Fsp3) is 0.263. The number of hydrogen-bond donors (Lipinski definition) is 1. The maximum Gasteiger partial charge on any atom is 0.321 e. The number of benzene rings is 2. The van der Waals surface area contributed by atoms with E-state index in [1.165, 1.54) is 17.1 Å². The van der Waals surface area contributed by atoms with Crippen molar-refractivity contribution in [3.05, 3.63) is 60.3 Å². The number of fused-ring (bicyclic) bond motifs is 1. The lowest BCUT2D eigenvalue weighted by atomic mass is 9.99. The van der Waals surface area contributed by atoms with E-state index in [0.717, 1.165) is 41.7 Å². The molecule has 0 bridgehead atoms. The Bertz CT molecular complexity index is 846. The highest BCUT2D eigenvalue weighted by Crippen LogP contribution is 2.24. The molecule has 5 heteroatoms. The van der Waals surface area contributed by atoms with Crippen LogP contribution in [0.2, 0.25) is 0 Å². The SMILES string of the molecule is O=C(Nc1ccc2sncc2c1)N1CCC(Cc2ccccc2)C1. The van der Waals surface area contributed by atoms with Gasteiger partial charge >= 0.3 is 6.03 Å². The molecule has 1 aliphatic heterocycles. The lowest BCUT2D eigenvalue weighted by Crippen LogP contribution is -2.33. The number of likely N-dealkylation sites (tertiary alicyclic amines) is 1. The number of amides is 2. The molecule has 1 fully saturated rings. The van der Waals surface area contributed by atoms with E-state index in [-0.39, 0.29) is 6.03 Å². The van der Waals surface area contributed by atoms with Gasteiger partial charge in [-0.25, -0.2) is 4.79 Å². The predicted octanol–water partition coefficient (Wildman–Crippen LogP) is 4.39. The van der Waals surface area contributed by atoms with Crippen molar-refractivity contribution in [1.82, 2.24) is 9.27 Å². The molecule has 1 saturated heterocycles. The second-order valence-corrected chi connectivity index (χ2v) is 7.13. The second kappa shape index (κ2) is 6.61. The first-order chi connectivity index (χ1) is 11.8. The summed E-state index contributed by atoms with van der Waals surface area (Å²) in [4.78, 5) is 14.4. The number of anilines is 1. The van der Waals surface area contributed by atoms with Crippen LogP contribution in [0.25, 0.3) is 10.1 Å². The normalized spacial score (nSPS) is 17.3. The van der Waals surface area contributed by atoms with Crippen LogP contribution in [0.4, 0.5) is 10.5 Å². The topological polar surface area (TPSA) is 45.2 Å². The highest BCUT2D eigenvalue weighted by molar-refractivity contribution is 7.13. The van der Waals surface area contributed by atoms with Crippen LogP contribution in [0, 0.1) is 5.92 Å². The number of rotatable bonds is 3. The summed E-state index contributed by atoms with van der Waals surface area (Å²) < 4.78 is 5.30. The molecule has 1 unspecified atom stereocenters. The first kappa shape index (κ1) is 15.1. The van der Waals surface area contributed by atoms with Gasteiger partial charge in [0, 0.05) is 30.4 Å². The summed E-state index contributed by atoms with van der Waals surface area (Å²) in [7, 11) is 0. The van der Waals surface area contributed by atoms with Gasteiger partial charge < -0.3 is 10.2 Å². The smallest absolute Gasteiger partial charge is 0.321 e. The Balaban J connectivity index is 1.36. The zero-order valence-electron chi connectivity index (χ0n) is 13.3. The number of nitrogens with zero attached hydrogens (tertiary/aromatic N) is 2. The van der Waals surface area contributed by atoms with Crippen LogP contribution in [-0.2, 0) is 6.42 Å². The summed E-state index contributed by atoms with van der Waals surface area (Å²) in [6.45, 7) is 1.65. The molecule has 1 aliphatic rings. The van der Waals surface area contributed by atoms with Crippen molar-refractivity contribution in [3.8, 4) is 0 Å². The van der Waals surface area contributed by atoms with E-state index in [0.29, 0.717) is 5.92 Å². The van der Waals surface area contributed by atoms with Crippen LogP contribution in [-0.4, -0.2) is 28.4 Å². The Hall–Kier alpha value is -2.40. The number of nitrogens with one attached hydrogen (secondary N) is 1. The maximum atomic E-state index is 12.5. The fourth-order valence-corrected chi connectivity index (χ4v) is 3.91. The van der Waals surface area contributed by atoms with Gasteiger partial charge in [-0.05, 0) is 54.1 Å². The quantitative estimate of drug-likeness (QED) is 0.770. The Labute approximate surface area is 145 Å². The molecule has 0 spiro atoms. The van der Waals surface area contributed by atoms with Gasteiger partial charge in [0.2, 0.25) is 0 Å². The third-order valence-corrected chi connectivity index (χ3v) is 5.32. The molecule has 2 amide bonds. The Morgan fingerprint density at radius 3 is 3.00 bits per heavy atom. The third kappa shape index (κ3) is 3.26. The fourth-order valence-electron chi connectivity index (χ4n) is 3.28. The van der Waals surface area contributed by atoms with E-state index in [1.54, 1.807) is 0 Å². The average molecular weight is 337 g/mol. The molecule has 24 heavy (non-hydrogen) atoms. The number of hydrogen-bond acceptors (Lipinski definition) is 3. The van der Waals surface area contributed by atoms with Crippen LogP contribution >= 0.6 is 11.5 Å². The molecule has 1 N–H and O–H groups in total. The van der Waals surface area contributed by atoms with Crippen LogP contribution < -0.4 is 5.32 Å². The van der Waals surface area contributed by atoms with E-state index in [4.69, 9.17) is 0 Å². The summed E-state index contributed by atoms with van der Waals surface area (Å²) >= 11 is 1.47. The van der Waals surface area contributed by atoms with Crippen molar-refractivity contribution in [2.45, 2.75) is 12.8 Å². The van der Waals surface area contributed by atoms with E-state index in [9.17, 15) is 4.79 Å². The molecule has 2 aromatic carbocycles. The zero-order chi connectivity index (χ0) is 16.4. The molecule has 3 aromatic rings. The van der Waals surface area contributed by atoms with E-state index in [1.807, 2.05) is 35.4 Å². The minimum atomic E-state index is -0.00639. The minimum Gasteiger partial charge on any atom is -0.324 e. The van der Waals surface area contributed by atoms with Gasteiger partial charge in [-0.3, -0.25) is 0 Å². The van der Waals surface area contributed by atoms with Crippen molar-refractivity contribution in [3.63, 3.8) is 0 Å². The molecule has 0 saturated carbocycles. The summed E-state index contributed by atoms with van der Waals surface area (Å²) in [6, 6.07) is 16.4. The summed E-state index contributed by atoms with van der Waals surface area (Å²) in [5.41, 5.74) is 2.18. The highest BCUT2D eigenvalue weighted by Gasteiger charge is 2.26. The van der Waals surface area contributed by atoms with Crippen molar-refractivity contribution in [1.29, 1.82) is 0 Å². The summed E-state index contributed by atoms with van der Waals surface area (Å²) in [5, 5.41) is 4.08. The van der Waals surface area contributed by atoms with Crippen LogP contribution in [0.5, 0.6) is 0 Å². The number of aromatic nitrogens is 1. The Morgan fingerprint density at radius 2 is 2.12 bits per heavy atom. The molecule has 4 rings (SSSR count). The van der Waals surface area contributed by atoms with E-state index in [2.05, 4.69) is 34.0 Å². The van der Waals surface area contributed by atoms with E-state index >= 15 is 0 Å². The third-order valence-electron chi connectivity index (χ3n) is 4.54. The molecule has 2 heterocycles. The molecule has 1 aromatic heterocycles. The lowest BCUT2D eigenvalue weighted by molar-refractivity contribution is 0.221. The number of carbonyl (C=O) groups excluding carboxylic acids is 1. The molecular weight excluding hydrogens is 318 g/mol. The van der Waals surface area contributed by atoms with Crippen molar-refractivity contribution in [2.24, 2.45) is 5.92 Å². The van der Waals surface area contributed by atoms with Gasteiger partial charge in [0.1, 0.15) is 0 Å². The van der Waals surface area contributed by atoms with Crippen LogP contribution in [0.3, 0.4) is 0 Å². The van der Waals surface area contributed by atoms with Gasteiger partial charge in [0.15, 0.2) is 0 Å². The van der Waals surface area contributed by atoms with Gasteiger partial charge in [0.25, 0.3) is 0 Å². The van der Waals surface area contributed by atoms with Gasteiger partial charge in [-0.15, -0.1) is 0 Å². The molecule has 1 atom stereocenters. The molecule has 4 nitrogen and oxygen atoms in total. The molecular formula is C19H19N3OS. The number of carbonyl (C=O) groups is 1. The predicted molar refractivity (Wildman–Crippen MR) is 98.5 cm³/mol. The maximum absolute atomic E-state index is 12.5. The number of urea groups is 1. The average Bonchev–Trinajstić information content (AvgIpc) is 3.24. The highest BCUT2D eigenvalue weighted by atomic mass is 32.1. The van der Waals surface area contributed by atoms with Gasteiger partial charge in [-0.2, -0.15) is 4.37 Å². The standard InChI is InChI=1S/C19H19N3OS/c23-19(21-17-6-7-18-16(11-17)12-20-24-18)22-9-8-15(13-22)10-14-4-2-1-3-5-14/h1-7,11-12,15H,8-10,13H2,(H,21,23). The van der Waals surface area contributed by atoms with Crippen molar-refractivity contribution >= 4 is 33.3 Å². The Morgan fingerprint density at radius 1 is 1.25 bits per heavy atom. The first-order valence-electron chi connectivity index (χ1n) is 8.22. The largest absolute Gasteiger partial charge is 0.324 e. The lowest BCUT2D eigenvalue weighted by Gasteiger charge is -2.17.